The summed E-state index contributed by atoms with van der Waals surface area (Å²) in [6.07, 6.45) is -0.425. The maximum absolute atomic E-state index is 10.2. The first kappa shape index (κ1) is 9.05. The Labute approximate surface area is 64.1 Å². The highest BCUT2D eigenvalue weighted by atomic mass is 35.5. The fourth-order valence-corrected chi connectivity index (χ4v) is 0.416. The highest BCUT2D eigenvalue weighted by Crippen LogP contribution is 2.10. The largest absolute Gasteiger partial charge is 0.460 e. The number of halogens is 2. The van der Waals surface area contributed by atoms with Crippen molar-refractivity contribution in [1.29, 1.82) is 0 Å². The molecule has 0 aromatic heterocycles. The summed E-state index contributed by atoms with van der Waals surface area (Å²) >= 11 is 10.7. The number of carbonyl (C=O) groups is 1. The lowest BCUT2D eigenvalue weighted by Crippen LogP contribution is -2.18. The van der Waals surface area contributed by atoms with Crippen LogP contribution in [0.4, 0.5) is 0 Å². The molecule has 0 aromatic rings. The van der Waals surface area contributed by atoms with E-state index in [2.05, 4.69) is 4.74 Å². The summed E-state index contributed by atoms with van der Waals surface area (Å²) in [5, 5.41) is 0. The summed E-state index contributed by atoms with van der Waals surface area (Å²) in [5.74, 6) is -0.367. The zero-order valence-electron chi connectivity index (χ0n) is 5.23. The maximum atomic E-state index is 10.2. The normalized spacial score (nSPS) is 13.4. The zero-order valence-corrected chi connectivity index (χ0v) is 6.74. The van der Waals surface area contributed by atoms with E-state index in [-0.39, 0.29) is 5.97 Å². The molecule has 0 fully saturated rings. The third-order valence-electron chi connectivity index (χ3n) is 0.707. The number of hydrogen-bond donors (Lipinski definition) is 0. The second-order valence-electron chi connectivity index (χ2n) is 1.65. The Hall–Kier alpha value is 0.0500. The Balaban J connectivity index is 3.50. The second kappa shape index (κ2) is 3.96. The van der Waals surface area contributed by atoms with Gasteiger partial charge in [0.2, 0.25) is 0 Å². The summed E-state index contributed by atoms with van der Waals surface area (Å²) in [5.41, 5.74) is 0. The van der Waals surface area contributed by atoms with E-state index in [1.807, 2.05) is 0 Å². The van der Waals surface area contributed by atoms with Crippen molar-refractivity contribution in [2.24, 2.45) is 0 Å². The van der Waals surface area contributed by atoms with Gasteiger partial charge in [-0.1, -0.05) is 0 Å². The zero-order chi connectivity index (χ0) is 7.44. The van der Waals surface area contributed by atoms with Gasteiger partial charge in [-0.3, -0.25) is 4.79 Å². The van der Waals surface area contributed by atoms with Crippen molar-refractivity contribution < 1.29 is 9.53 Å². The quantitative estimate of drug-likeness (QED) is 0.467. The van der Waals surface area contributed by atoms with Crippen LogP contribution in [0.1, 0.15) is 13.8 Å². The molecule has 0 aliphatic rings. The van der Waals surface area contributed by atoms with Crippen LogP contribution < -0.4 is 0 Å². The van der Waals surface area contributed by atoms with Crippen LogP contribution in [-0.4, -0.2) is 16.9 Å². The van der Waals surface area contributed by atoms with Crippen molar-refractivity contribution in [3.05, 3.63) is 0 Å². The molecule has 0 aromatic carbocycles. The molecule has 9 heavy (non-hydrogen) atoms. The standard InChI is InChI=1S/C5H8Cl2O2/c1-3(5(6)7)9-4(2)8/h3,5H,1-2H3. The Morgan fingerprint density at radius 1 is 1.56 bits per heavy atom. The number of rotatable bonds is 2. The summed E-state index contributed by atoms with van der Waals surface area (Å²) in [4.78, 5) is 9.57. The van der Waals surface area contributed by atoms with Gasteiger partial charge >= 0.3 is 5.97 Å². The van der Waals surface area contributed by atoms with Crippen LogP contribution in [0.3, 0.4) is 0 Å². The first-order valence-corrected chi connectivity index (χ1v) is 3.36. The highest BCUT2D eigenvalue weighted by molar-refractivity contribution is 6.44. The van der Waals surface area contributed by atoms with Gasteiger partial charge in [-0.25, -0.2) is 0 Å². The summed E-state index contributed by atoms with van der Waals surface area (Å²) in [6.45, 7) is 2.94. The van der Waals surface area contributed by atoms with Gasteiger partial charge in [0.1, 0.15) is 10.9 Å². The Morgan fingerprint density at radius 3 is 2.11 bits per heavy atom. The van der Waals surface area contributed by atoms with Crippen molar-refractivity contribution in [1.82, 2.24) is 0 Å². The number of carbonyl (C=O) groups excluding carboxylic acids is 1. The molecule has 0 N–H and O–H groups in total. The van der Waals surface area contributed by atoms with E-state index in [9.17, 15) is 4.79 Å². The van der Waals surface area contributed by atoms with Crippen LogP contribution in [0.2, 0.25) is 0 Å². The van der Waals surface area contributed by atoms with Gasteiger partial charge < -0.3 is 4.74 Å². The Morgan fingerprint density at radius 2 is 2.00 bits per heavy atom. The van der Waals surface area contributed by atoms with Crippen LogP contribution in [0.5, 0.6) is 0 Å². The van der Waals surface area contributed by atoms with Crippen LogP contribution in [0.15, 0.2) is 0 Å². The van der Waals surface area contributed by atoms with E-state index in [4.69, 9.17) is 23.2 Å². The van der Waals surface area contributed by atoms with Crippen molar-refractivity contribution >= 4 is 29.2 Å². The third kappa shape index (κ3) is 4.55. The first-order chi connectivity index (χ1) is 4.04. The second-order valence-corrected chi connectivity index (χ2v) is 2.81. The number of esters is 1. The van der Waals surface area contributed by atoms with Crippen molar-refractivity contribution in [2.75, 3.05) is 0 Å². The Bertz CT molecular complexity index is 103. The van der Waals surface area contributed by atoms with Gasteiger partial charge in [-0.2, -0.15) is 0 Å². The van der Waals surface area contributed by atoms with Gasteiger partial charge in [0.15, 0.2) is 0 Å². The van der Waals surface area contributed by atoms with E-state index < -0.39 is 10.9 Å². The smallest absolute Gasteiger partial charge is 0.302 e. The van der Waals surface area contributed by atoms with Gasteiger partial charge in [-0.15, -0.1) is 23.2 Å². The SMILES string of the molecule is CC(=O)OC(C)C(Cl)Cl. The summed E-state index contributed by atoms with van der Waals surface area (Å²) in [6, 6.07) is 0. The Kier molecular flexibility index (Phi) is 3.98. The minimum atomic E-state index is -0.645. The van der Waals surface area contributed by atoms with Crippen molar-refractivity contribution in [3.63, 3.8) is 0 Å². The molecular weight excluding hydrogens is 163 g/mol. The fourth-order valence-electron chi connectivity index (χ4n) is 0.313. The van der Waals surface area contributed by atoms with Crippen LogP contribution >= 0.6 is 23.2 Å². The predicted octanol–water partition coefficient (Wildman–Crippen LogP) is 1.74. The molecule has 0 rings (SSSR count). The molecule has 4 heteroatoms. The molecule has 0 saturated carbocycles. The van der Waals surface area contributed by atoms with Gasteiger partial charge in [-0.05, 0) is 6.92 Å². The molecule has 0 bridgehead atoms. The third-order valence-corrected chi connectivity index (χ3v) is 1.42. The average Bonchev–Trinajstić information content (AvgIpc) is 1.63. The van der Waals surface area contributed by atoms with E-state index >= 15 is 0 Å². The minimum absolute atomic E-state index is 0.367. The van der Waals surface area contributed by atoms with Crippen molar-refractivity contribution in [3.8, 4) is 0 Å². The monoisotopic (exact) mass is 170 g/mol. The molecule has 1 atom stereocenters. The van der Waals surface area contributed by atoms with Crippen LogP contribution in [0.25, 0.3) is 0 Å². The molecule has 54 valence electrons. The van der Waals surface area contributed by atoms with E-state index in [0.717, 1.165) is 0 Å². The van der Waals surface area contributed by atoms with Gasteiger partial charge in [0.25, 0.3) is 0 Å². The predicted molar refractivity (Wildman–Crippen MR) is 36.7 cm³/mol. The average molecular weight is 171 g/mol. The molecule has 0 aliphatic carbocycles. The lowest BCUT2D eigenvalue weighted by atomic mass is 10.5. The minimum Gasteiger partial charge on any atom is -0.460 e. The van der Waals surface area contributed by atoms with E-state index in [1.54, 1.807) is 6.92 Å². The summed E-state index contributed by atoms with van der Waals surface area (Å²) in [7, 11) is 0. The van der Waals surface area contributed by atoms with E-state index in [1.165, 1.54) is 6.92 Å². The van der Waals surface area contributed by atoms with Gasteiger partial charge in [0, 0.05) is 6.92 Å². The fraction of sp³-hybridized carbons (Fsp3) is 0.800. The van der Waals surface area contributed by atoms with Crippen LogP contribution in [0, 0.1) is 0 Å². The van der Waals surface area contributed by atoms with Gasteiger partial charge in [0.05, 0.1) is 0 Å². The molecule has 0 saturated heterocycles. The number of ether oxygens (including phenoxy) is 1. The highest BCUT2D eigenvalue weighted by Gasteiger charge is 2.12. The number of hydrogen-bond acceptors (Lipinski definition) is 2. The molecule has 0 spiro atoms. The lowest BCUT2D eigenvalue weighted by molar-refractivity contribution is -0.144. The molecule has 0 amide bonds. The number of alkyl halides is 2. The molecule has 0 aliphatic heterocycles. The molecule has 2 nitrogen and oxygen atoms in total. The lowest BCUT2D eigenvalue weighted by Gasteiger charge is -2.10. The first-order valence-electron chi connectivity index (χ1n) is 2.49. The van der Waals surface area contributed by atoms with E-state index in [0.29, 0.717) is 0 Å². The maximum Gasteiger partial charge on any atom is 0.302 e. The summed E-state index contributed by atoms with van der Waals surface area (Å²) < 4.78 is 4.61. The molecule has 0 heterocycles. The van der Waals surface area contributed by atoms with Crippen LogP contribution in [-0.2, 0) is 9.53 Å². The molecule has 1 unspecified atom stereocenters. The topological polar surface area (TPSA) is 26.3 Å². The molecule has 0 radical (unpaired) electrons. The van der Waals surface area contributed by atoms with Crippen molar-refractivity contribution in [2.45, 2.75) is 24.8 Å². The molecular formula is C5H8Cl2O2.